The maximum absolute atomic E-state index is 12.7. The molecular weight excluding hydrogens is 486 g/mol. The second kappa shape index (κ2) is 9.76. The number of nitrogens with one attached hydrogen (secondary N) is 1. The molecule has 1 heterocycles. The van der Waals surface area contributed by atoms with Gasteiger partial charge < -0.3 is 10.1 Å². The number of nitrogens with zero attached hydrogens (tertiary/aromatic N) is 2. The summed E-state index contributed by atoms with van der Waals surface area (Å²) in [6.45, 7) is 16.3. The van der Waals surface area contributed by atoms with Crippen molar-refractivity contribution >= 4 is 17.7 Å². The van der Waals surface area contributed by atoms with Crippen LogP contribution in [0.4, 0.5) is 5.82 Å². The van der Waals surface area contributed by atoms with E-state index in [1.54, 1.807) is 28.9 Å². The molecule has 7 atom stereocenters. The Labute approximate surface area is 235 Å². The molecule has 6 heteroatoms. The van der Waals surface area contributed by atoms with Crippen LogP contribution in [-0.2, 0) is 21.4 Å². The molecule has 2 fully saturated rings. The van der Waals surface area contributed by atoms with Crippen LogP contribution in [0.2, 0.25) is 0 Å². The highest BCUT2D eigenvalue weighted by atomic mass is 16.5. The van der Waals surface area contributed by atoms with Crippen LogP contribution in [0.1, 0.15) is 113 Å². The van der Waals surface area contributed by atoms with Crippen molar-refractivity contribution in [2.45, 2.75) is 119 Å². The molecule has 1 amide bonds. The Balaban J connectivity index is 1.33. The van der Waals surface area contributed by atoms with Gasteiger partial charge in [-0.15, -0.1) is 0 Å². The molecule has 0 radical (unpaired) electrons. The zero-order chi connectivity index (χ0) is 28.4. The topological polar surface area (TPSA) is 73.2 Å². The first-order valence-electron chi connectivity index (χ1n) is 15.4. The molecule has 0 bridgehead atoms. The molecule has 1 aromatic rings. The van der Waals surface area contributed by atoms with Gasteiger partial charge in [-0.2, -0.15) is 5.10 Å². The van der Waals surface area contributed by atoms with Crippen LogP contribution in [0.3, 0.4) is 0 Å². The molecule has 0 saturated heterocycles. The van der Waals surface area contributed by atoms with E-state index >= 15 is 0 Å². The summed E-state index contributed by atoms with van der Waals surface area (Å²) < 4.78 is 7.57. The fourth-order valence-corrected chi connectivity index (χ4v) is 10.3. The number of aromatic nitrogens is 2. The zero-order valence-electron chi connectivity index (χ0n) is 25.7. The standard InChI is InChI=1S/C33H51N3O3/c1-21(9-12-29(38)35-28-16-20-34-36(28)8)23-13-18-33(7)25-10-11-26-30(3,4)27(39-22(2)37)15-17-31(26,5)24(25)14-19-32(23,33)6/h16,20-21,23,26-27H,9-15,17-19H2,1-8H3,(H,35,38)/t21-,23-,26+,27+,31-,32-,33+/m1/s1. The lowest BCUT2D eigenvalue weighted by Crippen LogP contribution is -2.55. The third kappa shape index (κ3) is 4.39. The molecule has 39 heavy (non-hydrogen) atoms. The minimum atomic E-state index is -0.145. The number of fused-ring (bicyclic) bond motifs is 4. The van der Waals surface area contributed by atoms with E-state index in [0.717, 1.165) is 25.1 Å². The number of anilines is 1. The molecule has 4 aliphatic carbocycles. The van der Waals surface area contributed by atoms with Crippen LogP contribution in [0.25, 0.3) is 0 Å². The fourth-order valence-electron chi connectivity index (χ4n) is 10.3. The monoisotopic (exact) mass is 537 g/mol. The number of carbonyl (C=O) groups excluding carboxylic acids is 2. The number of hydrogen-bond acceptors (Lipinski definition) is 4. The van der Waals surface area contributed by atoms with E-state index in [2.05, 4.69) is 52.0 Å². The van der Waals surface area contributed by atoms with Gasteiger partial charge in [-0.25, -0.2) is 0 Å². The second-order valence-electron chi connectivity index (χ2n) is 14.7. The number of amides is 1. The first-order chi connectivity index (χ1) is 18.2. The Kier molecular flexibility index (Phi) is 7.12. The highest BCUT2D eigenvalue weighted by Gasteiger charge is 2.63. The SMILES string of the molecule is CC(=O)O[C@H]1CC[C@]2(C)C3=C(CC[C@H]2C1(C)C)[C@]1(C)CC[C@H]([C@H](C)CCC(=O)Nc2ccnn2C)[C@@]1(C)CC3. The number of aryl methyl sites for hydroxylation is 1. The van der Waals surface area contributed by atoms with Crippen LogP contribution in [0.5, 0.6) is 0 Å². The fraction of sp³-hybridized carbons (Fsp3) is 0.788. The molecule has 0 spiro atoms. The van der Waals surface area contributed by atoms with Crippen molar-refractivity contribution in [1.29, 1.82) is 0 Å². The molecule has 0 aliphatic heterocycles. The van der Waals surface area contributed by atoms with Gasteiger partial charge in [-0.1, -0.05) is 52.7 Å². The largest absolute Gasteiger partial charge is 0.462 e. The van der Waals surface area contributed by atoms with Crippen molar-refractivity contribution < 1.29 is 14.3 Å². The predicted octanol–water partition coefficient (Wildman–Crippen LogP) is 7.46. The summed E-state index contributed by atoms with van der Waals surface area (Å²) in [5.74, 6) is 2.40. The van der Waals surface area contributed by atoms with Crippen molar-refractivity contribution in [3.63, 3.8) is 0 Å². The van der Waals surface area contributed by atoms with Gasteiger partial charge in [0.2, 0.25) is 5.91 Å². The van der Waals surface area contributed by atoms with E-state index < -0.39 is 0 Å². The van der Waals surface area contributed by atoms with Crippen LogP contribution >= 0.6 is 0 Å². The van der Waals surface area contributed by atoms with E-state index in [0.29, 0.717) is 24.2 Å². The molecule has 216 valence electrons. The number of ether oxygens (including phenoxy) is 1. The highest BCUT2D eigenvalue weighted by molar-refractivity contribution is 5.89. The predicted molar refractivity (Wildman–Crippen MR) is 155 cm³/mol. The summed E-state index contributed by atoms with van der Waals surface area (Å²) >= 11 is 0. The van der Waals surface area contributed by atoms with Crippen LogP contribution in [0.15, 0.2) is 23.4 Å². The first-order valence-corrected chi connectivity index (χ1v) is 15.4. The average molecular weight is 538 g/mol. The van der Waals surface area contributed by atoms with Crippen molar-refractivity contribution in [2.24, 2.45) is 46.5 Å². The zero-order valence-corrected chi connectivity index (χ0v) is 25.7. The van der Waals surface area contributed by atoms with E-state index in [-0.39, 0.29) is 39.6 Å². The van der Waals surface area contributed by atoms with Crippen molar-refractivity contribution in [1.82, 2.24) is 9.78 Å². The number of rotatable bonds is 6. The second-order valence-corrected chi connectivity index (χ2v) is 14.7. The molecule has 1 aromatic heterocycles. The quantitative estimate of drug-likeness (QED) is 0.302. The van der Waals surface area contributed by atoms with E-state index in [4.69, 9.17) is 4.74 Å². The van der Waals surface area contributed by atoms with E-state index in [1.807, 2.05) is 13.1 Å². The third-order valence-corrected chi connectivity index (χ3v) is 12.7. The lowest BCUT2D eigenvalue weighted by Gasteiger charge is -2.62. The number of carbonyl (C=O) groups is 2. The lowest BCUT2D eigenvalue weighted by molar-refractivity contribution is -0.167. The Morgan fingerprint density at radius 2 is 1.82 bits per heavy atom. The van der Waals surface area contributed by atoms with Crippen LogP contribution in [-0.4, -0.2) is 27.8 Å². The summed E-state index contributed by atoms with van der Waals surface area (Å²) in [4.78, 5) is 24.6. The minimum Gasteiger partial charge on any atom is -0.462 e. The number of esters is 1. The minimum absolute atomic E-state index is 0.0123. The van der Waals surface area contributed by atoms with Gasteiger partial charge in [0.1, 0.15) is 11.9 Å². The summed E-state index contributed by atoms with van der Waals surface area (Å²) in [6.07, 6.45) is 12.7. The van der Waals surface area contributed by atoms with Crippen molar-refractivity contribution in [3.8, 4) is 0 Å². The maximum atomic E-state index is 12.7. The maximum Gasteiger partial charge on any atom is 0.302 e. The summed E-state index contributed by atoms with van der Waals surface area (Å²) in [5.41, 5.74) is 4.24. The van der Waals surface area contributed by atoms with Gasteiger partial charge >= 0.3 is 5.97 Å². The highest BCUT2D eigenvalue weighted by Crippen LogP contribution is 2.72. The molecule has 0 unspecified atom stereocenters. The van der Waals surface area contributed by atoms with Crippen LogP contribution in [0, 0.1) is 39.4 Å². The van der Waals surface area contributed by atoms with Crippen molar-refractivity contribution in [3.05, 3.63) is 23.4 Å². The van der Waals surface area contributed by atoms with E-state index in [1.165, 1.54) is 38.5 Å². The molecule has 5 rings (SSSR count). The normalized spacial score (nSPS) is 37.9. The van der Waals surface area contributed by atoms with Gasteiger partial charge in [0.25, 0.3) is 0 Å². The smallest absolute Gasteiger partial charge is 0.302 e. The number of hydrogen-bond donors (Lipinski definition) is 1. The number of allylic oxidation sites excluding steroid dienone is 2. The molecule has 2 saturated carbocycles. The Hall–Kier alpha value is -2.11. The summed E-state index contributed by atoms with van der Waals surface area (Å²) in [7, 11) is 1.85. The molecule has 0 aromatic carbocycles. The average Bonchev–Trinajstić information content (AvgIpc) is 3.38. The van der Waals surface area contributed by atoms with Gasteiger partial charge in [-0.05, 0) is 91.8 Å². The van der Waals surface area contributed by atoms with Gasteiger partial charge in [0.15, 0.2) is 0 Å². The Morgan fingerprint density at radius 3 is 2.49 bits per heavy atom. The Bertz CT molecular complexity index is 1170. The first kappa shape index (κ1) is 28.4. The lowest BCUT2D eigenvalue weighted by atomic mass is 9.43. The summed E-state index contributed by atoms with van der Waals surface area (Å²) in [6, 6.07) is 1.84. The Morgan fingerprint density at radius 1 is 1.08 bits per heavy atom. The molecule has 4 aliphatic rings. The van der Waals surface area contributed by atoms with E-state index in [9.17, 15) is 9.59 Å². The van der Waals surface area contributed by atoms with Crippen LogP contribution < -0.4 is 5.32 Å². The van der Waals surface area contributed by atoms with Gasteiger partial charge in [0, 0.05) is 31.9 Å². The summed E-state index contributed by atoms with van der Waals surface area (Å²) in [5, 5.41) is 7.18. The van der Waals surface area contributed by atoms with Gasteiger partial charge in [-0.3, -0.25) is 14.3 Å². The third-order valence-electron chi connectivity index (χ3n) is 12.7. The molecular formula is C33H51N3O3. The molecule has 6 nitrogen and oxygen atoms in total. The van der Waals surface area contributed by atoms with Gasteiger partial charge in [0.05, 0.1) is 6.20 Å². The van der Waals surface area contributed by atoms with Crippen molar-refractivity contribution in [2.75, 3.05) is 5.32 Å². The molecule has 1 N–H and O–H groups in total.